The molecule has 0 radical (unpaired) electrons. The van der Waals surface area contributed by atoms with Crippen LogP contribution in [0.2, 0.25) is 0 Å². The number of carbonyl (C=O) groups is 2. The number of amides is 1. The third kappa shape index (κ3) is 3.71. The molecule has 0 saturated heterocycles. The molecule has 0 saturated carbocycles. The Morgan fingerprint density at radius 2 is 2.29 bits per heavy atom. The first-order chi connectivity index (χ1) is 8.10. The normalized spacial score (nSPS) is 11.9. The van der Waals surface area contributed by atoms with E-state index in [1.807, 2.05) is 18.4 Å². The third-order valence-electron chi connectivity index (χ3n) is 2.23. The van der Waals surface area contributed by atoms with Gasteiger partial charge < -0.3 is 10.1 Å². The number of nitrogens with one attached hydrogen (secondary N) is 1. The second-order valence-electron chi connectivity index (χ2n) is 3.33. The van der Waals surface area contributed by atoms with Gasteiger partial charge in [-0.3, -0.25) is 9.59 Å². The Morgan fingerprint density at radius 3 is 2.88 bits per heavy atom. The van der Waals surface area contributed by atoms with Crippen LogP contribution in [0.25, 0.3) is 0 Å². The molecule has 1 unspecified atom stereocenters. The van der Waals surface area contributed by atoms with Gasteiger partial charge in [-0.25, -0.2) is 0 Å². The van der Waals surface area contributed by atoms with Crippen LogP contribution in [-0.4, -0.2) is 30.9 Å². The average molecular weight is 276 g/mol. The number of thiophene rings is 1. The first kappa shape index (κ1) is 14.0. The van der Waals surface area contributed by atoms with Crippen LogP contribution >= 0.6 is 22.9 Å². The van der Waals surface area contributed by atoms with Crippen molar-refractivity contribution in [2.45, 2.75) is 18.7 Å². The summed E-state index contributed by atoms with van der Waals surface area (Å²) in [4.78, 5) is 23.5. The molecule has 94 valence electrons. The monoisotopic (exact) mass is 275 g/mol. The van der Waals surface area contributed by atoms with Gasteiger partial charge in [0.2, 0.25) is 0 Å². The fourth-order valence-electron chi connectivity index (χ4n) is 1.29. The topological polar surface area (TPSA) is 55.4 Å². The Balaban J connectivity index is 2.53. The molecule has 0 aliphatic heterocycles. The molecule has 1 aromatic heterocycles. The molecule has 0 aliphatic carbocycles. The largest absolute Gasteiger partial charge is 0.468 e. The number of rotatable bonds is 5. The average Bonchev–Trinajstić information content (AvgIpc) is 2.82. The van der Waals surface area contributed by atoms with Gasteiger partial charge in [-0.05, 0) is 23.4 Å². The van der Waals surface area contributed by atoms with Gasteiger partial charge in [-0.2, -0.15) is 0 Å². The van der Waals surface area contributed by atoms with Crippen molar-refractivity contribution < 1.29 is 14.3 Å². The van der Waals surface area contributed by atoms with Crippen LogP contribution in [0.5, 0.6) is 0 Å². The van der Waals surface area contributed by atoms with E-state index in [9.17, 15) is 9.59 Å². The first-order valence-electron chi connectivity index (χ1n) is 5.16. The Kier molecular flexibility index (Phi) is 5.44. The number of hydrogen-bond donors (Lipinski definition) is 1. The lowest BCUT2D eigenvalue weighted by Crippen LogP contribution is -2.34. The molecule has 0 fully saturated rings. The van der Waals surface area contributed by atoms with Crippen LogP contribution in [0.15, 0.2) is 11.4 Å². The van der Waals surface area contributed by atoms with Gasteiger partial charge in [-0.15, -0.1) is 22.9 Å². The van der Waals surface area contributed by atoms with Gasteiger partial charge in [0, 0.05) is 6.54 Å². The van der Waals surface area contributed by atoms with Gasteiger partial charge >= 0.3 is 5.97 Å². The Morgan fingerprint density at radius 1 is 1.59 bits per heavy atom. The number of halogens is 1. The molecule has 0 aromatic carbocycles. The number of methoxy groups -OCH3 is 1. The van der Waals surface area contributed by atoms with Crippen molar-refractivity contribution in [2.24, 2.45) is 0 Å². The van der Waals surface area contributed by atoms with Gasteiger partial charge in [0.1, 0.15) is 5.38 Å². The zero-order valence-corrected chi connectivity index (χ0v) is 11.2. The number of ether oxygens (including phenoxy) is 1. The van der Waals surface area contributed by atoms with E-state index >= 15 is 0 Å². The van der Waals surface area contributed by atoms with E-state index in [2.05, 4.69) is 10.1 Å². The predicted octanol–water partition coefficient (Wildman–Crippen LogP) is 1.82. The smallest absolute Gasteiger partial charge is 0.325 e. The van der Waals surface area contributed by atoms with Crippen molar-refractivity contribution in [3.8, 4) is 0 Å². The lowest BCUT2D eigenvalue weighted by Gasteiger charge is -2.08. The standard InChI is InChI=1S/C11H14ClNO3S/c1-3-7-4-5-17-9(7)10(14)13-6-8(12)11(15)16-2/h4-5,8H,3,6H2,1-2H3,(H,13,14). The predicted molar refractivity (Wildman–Crippen MR) is 67.7 cm³/mol. The molecule has 1 N–H and O–H groups in total. The Hall–Kier alpha value is -1.07. The molecule has 6 heteroatoms. The highest BCUT2D eigenvalue weighted by Gasteiger charge is 2.18. The molecular weight excluding hydrogens is 262 g/mol. The van der Waals surface area contributed by atoms with Crippen LogP contribution in [0, 0.1) is 0 Å². The molecular formula is C11H14ClNO3S. The van der Waals surface area contributed by atoms with Crippen molar-refractivity contribution in [1.82, 2.24) is 5.32 Å². The van der Waals surface area contributed by atoms with Gasteiger partial charge in [0.25, 0.3) is 5.91 Å². The summed E-state index contributed by atoms with van der Waals surface area (Å²) in [5.41, 5.74) is 0.997. The fraction of sp³-hybridized carbons (Fsp3) is 0.455. The summed E-state index contributed by atoms with van der Waals surface area (Å²) in [5.74, 6) is -0.750. The highest BCUT2D eigenvalue weighted by atomic mass is 35.5. The van der Waals surface area contributed by atoms with E-state index < -0.39 is 11.3 Å². The molecule has 1 rings (SSSR count). The van der Waals surface area contributed by atoms with E-state index in [-0.39, 0.29) is 12.5 Å². The van der Waals surface area contributed by atoms with E-state index in [0.717, 1.165) is 12.0 Å². The van der Waals surface area contributed by atoms with Crippen molar-refractivity contribution in [2.75, 3.05) is 13.7 Å². The van der Waals surface area contributed by atoms with Crippen molar-refractivity contribution in [3.63, 3.8) is 0 Å². The summed E-state index contributed by atoms with van der Waals surface area (Å²) < 4.78 is 4.46. The summed E-state index contributed by atoms with van der Waals surface area (Å²) >= 11 is 7.10. The maximum Gasteiger partial charge on any atom is 0.325 e. The molecule has 0 bridgehead atoms. The third-order valence-corrected chi connectivity index (χ3v) is 3.52. The molecule has 4 nitrogen and oxygen atoms in total. The Labute approximate surface area is 109 Å². The highest BCUT2D eigenvalue weighted by Crippen LogP contribution is 2.17. The maximum absolute atomic E-state index is 11.8. The summed E-state index contributed by atoms with van der Waals surface area (Å²) in [5, 5.41) is 3.63. The molecule has 1 atom stereocenters. The van der Waals surface area contributed by atoms with Crippen molar-refractivity contribution >= 4 is 34.8 Å². The lowest BCUT2D eigenvalue weighted by atomic mass is 10.2. The summed E-state index contributed by atoms with van der Waals surface area (Å²) in [7, 11) is 1.26. The van der Waals surface area contributed by atoms with Crippen molar-refractivity contribution in [3.05, 3.63) is 21.9 Å². The van der Waals surface area contributed by atoms with E-state index in [0.29, 0.717) is 4.88 Å². The highest BCUT2D eigenvalue weighted by molar-refractivity contribution is 7.12. The van der Waals surface area contributed by atoms with E-state index in [1.165, 1.54) is 18.4 Å². The van der Waals surface area contributed by atoms with Crippen LogP contribution in [-0.2, 0) is 16.0 Å². The maximum atomic E-state index is 11.8. The van der Waals surface area contributed by atoms with Crippen LogP contribution in [0.3, 0.4) is 0 Å². The first-order valence-corrected chi connectivity index (χ1v) is 6.48. The van der Waals surface area contributed by atoms with E-state index in [4.69, 9.17) is 11.6 Å². The minimum Gasteiger partial charge on any atom is -0.468 e. The van der Waals surface area contributed by atoms with Gasteiger partial charge in [-0.1, -0.05) is 6.92 Å². The van der Waals surface area contributed by atoms with Gasteiger partial charge in [0.05, 0.1) is 12.0 Å². The fourth-order valence-corrected chi connectivity index (χ4v) is 2.36. The minimum absolute atomic E-state index is 0.0636. The molecule has 1 amide bonds. The number of carbonyl (C=O) groups excluding carboxylic acids is 2. The summed E-state index contributed by atoms with van der Waals surface area (Å²) in [6, 6.07) is 1.91. The van der Waals surface area contributed by atoms with Crippen molar-refractivity contribution in [1.29, 1.82) is 0 Å². The second kappa shape index (κ2) is 6.61. The number of hydrogen-bond acceptors (Lipinski definition) is 4. The number of alkyl halides is 1. The minimum atomic E-state index is -0.853. The summed E-state index contributed by atoms with van der Waals surface area (Å²) in [6.45, 7) is 2.05. The quantitative estimate of drug-likeness (QED) is 0.659. The Bertz CT molecular complexity index is 405. The SMILES string of the molecule is CCc1ccsc1C(=O)NCC(Cl)C(=O)OC. The molecule has 1 heterocycles. The summed E-state index contributed by atoms with van der Waals surface area (Å²) in [6.07, 6.45) is 0.799. The molecule has 0 spiro atoms. The molecule has 17 heavy (non-hydrogen) atoms. The van der Waals surface area contributed by atoms with Crippen LogP contribution in [0.1, 0.15) is 22.2 Å². The lowest BCUT2D eigenvalue weighted by molar-refractivity contribution is -0.140. The van der Waals surface area contributed by atoms with Gasteiger partial charge in [0.15, 0.2) is 0 Å². The molecule has 0 aliphatic rings. The van der Waals surface area contributed by atoms with E-state index in [1.54, 1.807) is 0 Å². The second-order valence-corrected chi connectivity index (χ2v) is 4.77. The zero-order chi connectivity index (χ0) is 12.8. The number of aryl methyl sites for hydroxylation is 1. The van der Waals surface area contributed by atoms with Crippen LogP contribution < -0.4 is 5.32 Å². The zero-order valence-electron chi connectivity index (χ0n) is 9.66. The number of esters is 1. The van der Waals surface area contributed by atoms with Crippen LogP contribution in [0.4, 0.5) is 0 Å². The molecule has 1 aromatic rings.